The van der Waals surface area contributed by atoms with Crippen LogP contribution >= 0.6 is 0 Å². The Morgan fingerprint density at radius 2 is 1.93 bits per heavy atom. The number of morpholine rings is 1. The number of nitrogens with zero attached hydrogens (tertiary/aromatic N) is 2. The molecule has 1 aromatic carbocycles. The first-order valence-corrected chi connectivity index (χ1v) is 9.86. The van der Waals surface area contributed by atoms with Crippen molar-refractivity contribution in [2.45, 2.75) is 31.8 Å². The Morgan fingerprint density at radius 3 is 2.68 bits per heavy atom. The van der Waals surface area contributed by atoms with Crippen LogP contribution in [0.1, 0.15) is 24.8 Å². The number of urea groups is 1. The maximum atomic E-state index is 12.5. The fourth-order valence-electron chi connectivity index (χ4n) is 3.41. The molecule has 0 aromatic heterocycles. The third-order valence-electron chi connectivity index (χ3n) is 5.03. The van der Waals surface area contributed by atoms with Crippen molar-refractivity contribution in [2.24, 2.45) is 0 Å². The molecule has 2 heterocycles. The highest BCUT2D eigenvalue weighted by molar-refractivity contribution is 6.04. The van der Waals surface area contributed by atoms with Gasteiger partial charge in [-0.1, -0.05) is 30.3 Å². The van der Waals surface area contributed by atoms with Crippen LogP contribution in [0.15, 0.2) is 30.3 Å². The smallest absolute Gasteiger partial charge is 0.325 e. The minimum Gasteiger partial charge on any atom is -0.379 e. The Bertz CT molecular complexity index is 676. The minimum absolute atomic E-state index is 0.0921. The first-order chi connectivity index (χ1) is 13.6. The lowest BCUT2D eigenvalue weighted by Gasteiger charge is -2.26. The van der Waals surface area contributed by atoms with Gasteiger partial charge in [0, 0.05) is 26.1 Å². The maximum absolute atomic E-state index is 12.5. The van der Waals surface area contributed by atoms with Crippen LogP contribution in [-0.4, -0.2) is 73.1 Å². The zero-order valence-electron chi connectivity index (χ0n) is 16.1. The number of nitrogens with one attached hydrogen (secondary N) is 2. The summed E-state index contributed by atoms with van der Waals surface area (Å²) < 4.78 is 5.31. The zero-order valence-corrected chi connectivity index (χ0v) is 16.1. The topological polar surface area (TPSA) is 91.0 Å². The summed E-state index contributed by atoms with van der Waals surface area (Å²) in [5, 5.41) is 5.57. The number of hydrogen-bond acceptors (Lipinski definition) is 5. The van der Waals surface area contributed by atoms with E-state index in [0.717, 1.165) is 44.8 Å². The second kappa shape index (κ2) is 10.2. The molecule has 2 aliphatic rings. The Morgan fingerprint density at radius 1 is 1.18 bits per heavy atom. The lowest BCUT2D eigenvalue weighted by atomic mass is 10.1. The van der Waals surface area contributed by atoms with Gasteiger partial charge in [0.05, 0.1) is 19.8 Å². The van der Waals surface area contributed by atoms with Gasteiger partial charge in [-0.3, -0.25) is 19.4 Å². The fraction of sp³-hybridized carbons (Fsp3) is 0.550. The summed E-state index contributed by atoms with van der Waals surface area (Å²) in [7, 11) is 0. The molecule has 1 aromatic rings. The van der Waals surface area contributed by atoms with E-state index in [0.29, 0.717) is 13.0 Å². The van der Waals surface area contributed by atoms with Crippen molar-refractivity contribution >= 4 is 17.8 Å². The van der Waals surface area contributed by atoms with Crippen molar-refractivity contribution in [2.75, 3.05) is 39.4 Å². The van der Waals surface area contributed by atoms with Crippen LogP contribution in [0.2, 0.25) is 0 Å². The van der Waals surface area contributed by atoms with Crippen molar-refractivity contribution in [3.05, 3.63) is 35.9 Å². The van der Waals surface area contributed by atoms with Crippen molar-refractivity contribution in [1.29, 1.82) is 0 Å². The first kappa shape index (κ1) is 20.3. The Hall–Kier alpha value is -2.45. The van der Waals surface area contributed by atoms with Crippen LogP contribution < -0.4 is 10.6 Å². The molecule has 0 saturated carbocycles. The van der Waals surface area contributed by atoms with Gasteiger partial charge in [-0.05, 0) is 24.9 Å². The second-order valence-corrected chi connectivity index (χ2v) is 7.11. The molecule has 2 aliphatic heterocycles. The van der Waals surface area contributed by atoms with Gasteiger partial charge in [0.25, 0.3) is 5.91 Å². The van der Waals surface area contributed by atoms with E-state index in [1.165, 1.54) is 4.90 Å². The van der Waals surface area contributed by atoms with Crippen molar-refractivity contribution < 1.29 is 19.1 Å². The number of ether oxygens (including phenoxy) is 1. The quantitative estimate of drug-likeness (QED) is 0.481. The van der Waals surface area contributed by atoms with E-state index < -0.39 is 12.1 Å². The largest absolute Gasteiger partial charge is 0.379 e. The molecule has 28 heavy (non-hydrogen) atoms. The molecule has 3 rings (SSSR count). The van der Waals surface area contributed by atoms with Crippen LogP contribution in [0.25, 0.3) is 0 Å². The summed E-state index contributed by atoms with van der Waals surface area (Å²) in [5.74, 6) is -0.362. The van der Waals surface area contributed by atoms with Crippen molar-refractivity contribution in [1.82, 2.24) is 20.4 Å². The molecular weight excluding hydrogens is 360 g/mol. The number of benzene rings is 1. The molecule has 152 valence electrons. The molecule has 1 atom stereocenters. The zero-order chi connectivity index (χ0) is 19.8. The van der Waals surface area contributed by atoms with E-state index >= 15 is 0 Å². The van der Waals surface area contributed by atoms with Gasteiger partial charge >= 0.3 is 6.03 Å². The Labute approximate surface area is 165 Å². The van der Waals surface area contributed by atoms with Crippen LogP contribution in [-0.2, 0) is 20.9 Å². The highest BCUT2D eigenvalue weighted by Crippen LogP contribution is 2.15. The van der Waals surface area contributed by atoms with E-state index in [1.807, 2.05) is 30.3 Å². The van der Waals surface area contributed by atoms with Gasteiger partial charge in [-0.15, -0.1) is 0 Å². The predicted octanol–water partition coefficient (Wildman–Crippen LogP) is 0.726. The summed E-state index contributed by atoms with van der Waals surface area (Å²) >= 11 is 0. The maximum Gasteiger partial charge on any atom is 0.325 e. The molecule has 0 aliphatic carbocycles. The molecule has 0 unspecified atom stereocenters. The molecule has 2 saturated heterocycles. The molecule has 0 radical (unpaired) electrons. The Kier molecular flexibility index (Phi) is 7.39. The summed E-state index contributed by atoms with van der Waals surface area (Å²) in [6, 6.07) is 8.34. The lowest BCUT2D eigenvalue weighted by Crippen LogP contribution is -2.38. The minimum atomic E-state index is -0.629. The van der Waals surface area contributed by atoms with Gasteiger partial charge in [0.2, 0.25) is 5.91 Å². The summed E-state index contributed by atoms with van der Waals surface area (Å²) in [5.41, 5.74) is 0.893. The van der Waals surface area contributed by atoms with E-state index in [9.17, 15) is 14.4 Å². The average Bonchev–Trinajstić information content (AvgIpc) is 2.99. The van der Waals surface area contributed by atoms with Crippen LogP contribution in [0.3, 0.4) is 0 Å². The molecule has 8 heteroatoms. The van der Waals surface area contributed by atoms with Crippen LogP contribution in [0, 0.1) is 0 Å². The molecule has 0 bridgehead atoms. The van der Waals surface area contributed by atoms with Gasteiger partial charge < -0.3 is 15.4 Å². The monoisotopic (exact) mass is 388 g/mol. The highest BCUT2D eigenvalue weighted by atomic mass is 16.5. The van der Waals surface area contributed by atoms with Gasteiger partial charge in [0.1, 0.15) is 6.04 Å². The van der Waals surface area contributed by atoms with E-state index in [2.05, 4.69) is 15.5 Å². The molecule has 2 N–H and O–H groups in total. The third kappa shape index (κ3) is 5.77. The van der Waals surface area contributed by atoms with Gasteiger partial charge in [0.15, 0.2) is 0 Å². The number of carbonyl (C=O) groups is 3. The predicted molar refractivity (Wildman–Crippen MR) is 103 cm³/mol. The Balaban J connectivity index is 1.34. The van der Waals surface area contributed by atoms with Crippen LogP contribution in [0.4, 0.5) is 4.79 Å². The highest BCUT2D eigenvalue weighted by Gasteiger charge is 2.37. The van der Waals surface area contributed by atoms with Crippen LogP contribution in [0.5, 0.6) is 0 Å². The molecule has 4 amide bonds. The standard InChI is InChI=1S/C20H28N4O4/c25-18(21-9-4-10-23-11-13-28-14-12-23)8-7-17-19(26)24(20(27)22-17)15-16-5-2-1-3-6-16/h1-3,5-6,17H,4,7-15H2,(H,21,25)(H,22,27)/t17-/m0/s1. The van der Waals surface area contributed by atoms with E-state index in [-0.39, 0.29) is 24.8 Å². The number of hydrogen-bond donors (Lipinski definition) is 2. The number of amides is 4. The molecular formula is C20H28N4O4. The normalized spacial score (nSPS) is 20.3. The van der Waals surface area contributed by atoms with E-state index in [4.69, 9.17) is 4.74 Å². The third-order valence-corrected chi connectivity index (χ3v) is 5.03. The SMILES string of the molecule is O=C(CC[C@@H]1NC(=O)N(Cc2ccccc2)C1=O)NCCCN1CCOCC1. The molecule has 0 spiro atoms. The van der Waals surface area contributed by atoms with Gasteiger partial charge in [-0.2, -0.15) is 0 Å². The molecule has 2 fully saturated rings. The average molecular weight is 388 g/mol. The summed E-state index contributed by atoms with van der Waals surface area (Å²) in [4.78, 5) is 40.1. The fourth-order valence-corrected chi connectivity index (χ4v) is 3.41. The number of imide groups is 1. The molecule has 8 nitrogen and oxygen atoms in total. The number of rotatable bonds is 9. The summed E-state index contributed by atoms with van der Waals surface area (Å²) in [6.07, 6.45) is 1.41. The van der Waals surface area contributed by atoms with E-state index in [1.54, 1.807) is 0 Å². The number of carbonyl (C=O) groups excluding carboxylic acids is 3. The lowest BCUT2D eigenvalue weighted by molar-refractivity contribution is -0.128. The second-order valence-electron chi connectivity index (χ2n) is 7.11. The van der Waals surface area contributed by atoms with Crippen molar-refractivity contribution in [3.8, 4) is 0 Å². The first-order valence-electron chi connectivity index (χ1n) is 9.86. The summed E-state index contributed by atoms with van der Waals surface area (Å²) in [6.45, 7) is 5.23. The van der Waals surface area contributed by atoms with Gasteiger partial charge in [-0.25, -0.2) is 4.79 Å². The van der Waals surface area contributed by atoms with Crippen molar-refractivity contribution in [3.63, 3.8) is 0 Å².